The number of carbonyl (C=O) groups excluding carboxylic acids is 2. The lowest BCUT2D eigenvalue weighted by Gasteiger charge is -2.36. The summed E-state index contributed by atoms with van der Waals surface area (Å²) in [6, 6.07) is 0. The molecule has 0 aromatic heterocycles. The van der Waals surface area contributed by atoms with Crippen molar-refractivity contribution in [1.29, 1.82) is 0 Å². The van der Waals surface area contributed by atoms with Crippen LogP contribution in [-0.4, -0.2) is 46.6 Å². The van der Waals surface area contributed by atoms with Crippen LogP contribution < -0.4 is 0 Å². The molecule has 0 bridgehead atoms. The Balaban J connectivity index is 2.72. The van der Waals surface area contributed by atoms with Crippen molar-refractivity contribution in [2.24, 2.45) is 0 Å². The van der Waals surface area contributed by atoms with Crippen LogP contribution in [0.5, 0.6) is 0 Å². The van der Waals surface area contributed by atoms with Gasteiger partial charge in [-0.3, -0.25) is 9.59 Å². The fraction of sp³-hybridized carbons (Fsp3) is 0.800. The van der Waals surface area contributed by atoms with Crippen molar-refractivity contribution in [2.75, 3.05) is 0 Å². The molecule has 1 fully saturated rings. The van der Waals surface area contributed by atoms with Crippen molar-refractivity contribution in [3.05, 3.63) is 0 Å². The van der Waals surface area contributed by atoms with Gasteiger partial charge in [0.1, 0.15) is 12.2 Å². The Morgan fingerprint density at radius 3 is 2.12 bits per heavy atom. The van der Waals surface area contributed by atoms with Gasteiger partial charge in [-0.15, -0.1) is 0 Å². The lowest BCUT2D eigenvalue weighted by Crippen LogP contribution is -2.52. The molecule has 0 amide bonds. The predicted octanol–water partition coefficient (Wildman–Crippen LogP) is -0.635. The SMILES string of the molecule is CC(=O)O[C@H]1[C@H](O)[C@H](O)CC[C@H]1OC(C)=O. The molecule has 1 rings (SSSR count). The van der Waals surface area contributed by atoms with Crippen LogP contribution in [0.2, 0.25) is 0 Å². The zero-order valence-electron chi connectivity index (χ0n) is 9.25. The van der Waals surface area contributed by atoms with E-state index in [1.807, 2.05) is 0 Å². The molecule has 92 valence electrons. The summed E-state index contributed by atoms with van der Waals surface area (Å²) in [5, 5.41) is 19.1. The number of aliphatic hydroxyl groups is 2. The second-order valence-electron chi connectivity index (χ2n) is 3.86. The van der Waals surface area contributed by atoms with E-state index < -0.39 is 36.4 Å². The highest BCUT2D eigenvalue weighted by atomic mass is 16.6. The molecule has 0 heterocycles. The number of ether oxygens (including phenoxy) is 2. The van der Waals surface area contributed by atoms with Crippen molar-refractivity contribution in [1.82, 2.24) is 0 Å². The largest absolute Gasteiger partial charge is 0.458 e. The predicted molar refractivity (Wildman–Crippen MR) is 52.4 cm³/mol. The lowest BCUT2D eigenvalue weighted by molar-refractivity contribution is -0.192. The van der Waals surface area contributed by atoms with Gasteiger partial charge in [0.2, 0.25) is 0 Å². The molecule has 0 aromatic rings. The molecule has 4 atom stereocenters. The lowest BCUT2D eigenvalue weighted by atomic mass is 9.89. The second kappa shape index (κ2) is 5.27. The number of carbonyl (C=O) groups is 2. The van der Waals surface area contributed by atoms with Gasteiger partial charge in [-0.1, -0.05) is 0 Å². The van der Waals surface area contributed by atoms with E-state index in [1.165, 1.54) is 13.8 Å². The number of aliphatic hydroxyl groups excluding tert-OH is 2. The van der Waals surface area contributed by atoms with E-state index in [1.54, 1.807) is 0 Å². The van der Waals surface area contributed by atoms with Crippen LogP contribution in [0.3, 0.4) is 0 Å². The van der Waals surface area contributed by atoms with Crippen LogP contribution in [0.25, 0.3) is 0 Å². The minimum atomic E-state index is -1.22. The molecule has 1 saturated carbocycles. The van der Waals surface area contributed by atoms with Gasteiger partial charge in [-0.25, -0.2) is 0 Å². The first kappa shape index (κ1) is 12.9. The third kappa shape index (κ3) is 3.18. The Hall–Kier alpha value is -1.14. The Kier molecular flexibility index (Phi) is 4.26. The van der Waals surface area contributed by atoms with E-state index in [2.05, 4.69) is 0 Å². The van der Waals surface area contributed by atoms with Gasteiger partial charge in [0.05, 0.1) is 6.10 Å². The topological polar surface area (TPSA) is 93.1 Å². The van der Waals surface area contributed by atoms with Gasteiger partial charge in [0.25, 0.3) is 0 Å². The minimum absolute atomic E-state index is 0.302. The van der Waals surface area contributed by atoms with E-state index in [4.69, 9.17) is 9.47 Å². The van der Waals surface area contributed by atoms with E-state index in [9.17, 15) is 19.8 Å². The zero-order chi connectivity index (χ0) is 12.3. The first-order chi connectivity index (χ1) is 7.41. The summed E-state index contributed by atoms with van der Waals surface area (Å²) in [4.78, 5) is 21.7. The number of hydrogen-bond donors (Lipinski definition) is 2. The summed E-state index contributed by atoms with van der Waals surface area (Å²) in [6.07, 6.45) is -3.21. The van der Waals surface area contributed by atoms with Crippen LogP contribution in [0.1, 0.15) is 26.7 Å². The molecule has 2 N–H and O–H groups in total. The summed E-state index contributed by atoms with van der Waals surface area (Å²) in [5.74, 6) is -1.10. The van der Waals surface area contributed by atoms with Crippen LogP contribution in [0.4, 0.5) is 0 Å². The van der Waals surface area contributed by atoms with Crippen molar-refractivity contribution >= 4 is 11.9 Å². The number of esters is 2. The Labute approximate surface area is 93.2 Å². The maximum Gasteiger partial charge on any atom is 0.303 e. The smallest absolute Gasteiger partial charge is 0.303 e. The molecule has 1 aliphatic rings. The summed E-state index contributed by atoms with van der Waals surface area (Å²) in [5.41, 5.74) is 0. The molecule has 0 radical (unpaired) electrons. The van der Waals surface area contributed by atoms with E-state index in [0.29, 0.717) is 12.8 Å². The van der Waals surface area contributed by atoms with Crippen LogP contribution in [0, 0.1) is 0 Å². The van der Waals surface area contributed by atoms with Crippen molar-refractivity contribution in [3.8, 4) is 0 Å². The highest BCUT2D eigenvalue weighted by molar-refractivity contribution is 5.67. The molecule has 6 nitrogen and oxygen atoms in total. The summed E-state index contributed by atoms with van der Waals surface area (Å²) < 4.78 is 9.80. The third-order valence-electron chi connectivity index (χ3n) is 2.46. The fourth-order valence-corrected chi connectivity index (χ4v) is 1.79. The Morgan fingerprint density at radius 1 is 1.06 bits per heavy atom. The quantitative estimate of drug-likeness (QED) is 0.615. The van der Waals surface area contributed by atoms with E-state index in [0.717, 1.165) is 0 Å². The molecule has 0 saturated heterocycles. The maximum absolute atomic E-state index is 10.8. The number of hydrogen-bond acceptors (Lipinski definition) is 6. The van der Waals surface area contributed by atoms with Gasteiger partial charge >= 0.3 is 11.9 Å². The first-order valence-electron chi connectivity index (χ1n) is 5.12. The molecule has 1 aliphatic carbocycles. The van der Waals surface area contributed by atoms with E-state index >= 15 is 0 Å². The molecule has 0 aliphatic heterocycles. The monoisotopic (exact) mass is 232 g/mol. The van der Waals surface area contributed by atoms with Gasteiger partial charge in [0.15, 0.2) is 6.10 Å². The molecule has 0 unspecified atom stereocenters. The zero-order valence-corrected chi connectivity index (χ0v) is 9.25. The van der Waals surface area contributed by atoms with Crippen molar-refractivity contribution in [2.45, 2.75) is 51.1 Å². The van der Waals surface area contributed by atoms with Gasteiger partial charge in [-0.2, -0.15) is 0 Å². The first-order valence-corrected chi connectivity index (χ1v) is 5.12. The molecule has 0 spiro atoms. The van der Waals surface area contributed by atoms with Crippen molar-refractivity contribution in [3.63, 3.8) is 0 Å². The van der Waals surface area contributed by atoms with Gasteiger partial charge in [-0.05, 0) is 12.8 Å². The highest BCUT2D eigenvalue weighted by Gasteiger charge is 2.41. The molecule has 0 aromatic carbocycles. The highest BCUT2D eigenvalue weighted by Crippen LogP contribution is 2.25. The standard InChI is InChI=1S/C10H16O6/c1-5(11)15-8-4-3-7(13)9(14)10(8)16-6(2)12/h7-10,13-14H,3-4H2,1-2H3/t7-,8-,9-,10-/m1/s1. The summed E-state index contributed by atoms with van der Waals surface area (Å²) >= 11 is 0. The van der Waals surface area contributed by atoms with Gasteiger partial charge in [0, 0.05) is 13.8 Å². The summed E-state index contributed by atoms with van der Waals surface area (Å²) in [7, 11) is 0. The second-order valence-corrected chi connectivity index (χ2v) is 3.86. The normalized spacial score (nSPS) is 34.2. The Bertz CT molecular complexity index is 276. The van der Waals surface area contributed by atoms with Gasteiger partial charge < -0.3 is 19.7 Å². The van der Waals surface area contributed by atoms with Crippen LogP contribution in [-0.2, 0) is 19.1 Å². The average Bonchev–Trinajstić information content (AvgIpc) is 2.16. The van der Waals surface area contributed by atoms with Crippen molar-refractivity contribution < 1.29 is 29.3 Å². The van der Waals surface area contributed by atoms with Crippen LogP contribution >= 0.6 is 0 Å². The average molecular weight is 232 g/mol. The maximum atomic E-state index is 10.8. The third-order valence-corrected chi connectivity index (χ3v) is 2.46. The molecular weight excluding hydrogens is 216 g/mol. The molecular formula is C10H16O6. The fourth-order valence-electron chi connectivity index (χ4n) is 1.79. The summed E-state index contributed by atoms with van der Waals surface area (Å²) in [6.45, 7) is 2.43. The molecule has 16 heavy (non-hydrogen) atoms. The van der Waals surface area contributed by atoms with E-state index in [-0.39, 0.29) is 0 Å². The minimum Gasteiger partial charge on any atom is -0.458 e. The molecule has 6 heteroatoms. The Morgan fingerprint density at radius 2 is 1.62 bits per heavy atom. The number of rotatable bonds is 2. The van der Waals surface area contributed by atoms with Crippen LogP contribution in [0.15, 0.2) is 0 Å².